The van der Waals surface area contributed by atoms with E-state index in [0.29, 0.717) is 17.5 Å². The Labute approximate surface area is 167 Å². The van der Waals surface area contributed by atoms with Gasteiger partial charge in [-0.2, -0.15) is 10.1 Å². The first-order chi connectivity index (χ1) is 13.2. The Kier molecular flexibility index (Phi) is 6.54. The molecule has 2 aromatic heterocycles. The van der Waals surface area contributed by atoms with Crippen molar-refractivity contribution in [2.45, 2.75) is 71.9 Å². The molecule has 2 aromatic rings. The van der Waals surface area contributed by atoms with Gasteiger partial charge in [0.25, 0.3) is 0 Å². The Morgan fingerprint density at radius 2 is 1.79 bits per heavy atom. The molecule has 8 nitrogen and oxygen atoms in total. The summed E-state index contributed by atoms with van der Waals surface area (Å²) in [4.78, 5) is 8.99. The number of hydrogen-bond donors (Lipinski definition) is 3. The number of rotatable bonds is 8. The van der Waals surface area contributed by atoms with Crippen LogP contribution in [0.3, 0.4) is 0 Å². The number of aromatic amines is 1. The maximum absolute atomic E-state index is 12.1. The van der Waals surface area contributed by atoms with Crippen LogP contribution in [0, 0.1) is 11.8 Å². The van der Waals surface area contributed by atoms with E-state index in [0.717, 1.165) is 43.2 Å². The molecule has 0 unspecified atom stereocenters. The summed E-state index contributed by atoms with van der Waals surface area (Å²) in [7, 11) is -3.19. The predicted molar refractivity (Wildman–Crippen MR) is 112 cm³/mol. The molecule has 1 fully saturated rings. The van der Waals surface area contributed by atoms with E-state index in [1.54, 1.807) is 0 Å². The van der Waals surface area contributed by atoms with Gasteiger partial charge in [-0.15, -0.1) is 0 Å². The van der Waals surface area contributed by atoms with E-state index in [4.69, 9.17) is 0 Å². The van der Waals surface area contributed by atoms with Gasteiger partial charge in [-0.05, 0) is 43.9 Å². The van der Waals surface area contributed by atoms with Crippen molar-refractivity contribution in [3.8, 4) is 0 Å². The summed E-state index contributed by atoms with van der Waals surface area (Å²) in [5, 5.41) is 11.7. The minimum absolute atomic E-state index is 0.0233. The van der Waals surface area contributed by atoms with Crippen molar-refractivity contribution in [3.63, 3.8) is 0 Å². The quantitative estimate of drug-likeness (QED) is 0.619. The SMILES string of the molecule is CC(C)Cc1[nH]nc2nc(NC3CCC(NS(=O)(=O)CC(C)C)CC3)ncc12. The lowest BCUT2D eigenvalue weighted by Gasteiger charge is -2.29. The van der Waals surface area contributed by atoms with Crippen LogP contribution in [0.5, 0.6) is 0 Å². The van der Waals surface area contributed by atoms with Gasteiger partial charge >= 0.3 is 0 Å². The van der Waals surface area contributed by atoms with E-state index >= 15 is 0 Å². The van der Waals surface area contributed by atoms with Crippen LogP contribution in [-0.2, 0) is 16.4 Å². The fourth-order valence-corrected chi connectivity index (χ4v) is 5.48. The van der Waals surface area contributed by atoms with Crippen LogP contribution in [-0.4, -0.2) is 46.4 Å². The van der Waals surface area contributed by atoms with Crippen molar-refractivity contribution >= 4 is 27.0 Å². The average molecular weight is 409 g/mol. The van der Waals surface area contributed by atoms with Crippen molar-refractivity contribution in [1.29, 1.82) is 0 Å². The Hall–Kier alpha value is -1.74. The summed E-state index contributed by atoms with van der Waals surface area (Å²) in [6.07, 6.45) is 6.15. The molecule has 3 rings (SSSR count). The lowest BCUT2D eigenvalue weighted by molar-refractivity contribution is 0.385. The molecular formula is C19H32N6O2S. The number of fused-ring (bicyclic) bond motifs is 1. The van der Waals surface area contributed by atoms with E-state index < -0.39 is 10.0 Å². The van der Waals surface area contributed by atoms with Gasteiger partial charge in [0.05, 0.1) is 11.1 Å². The van der Waals surface area contributed by atoms with Gasteiger partial charge in [0.15, 0.2) is 5.65 Å². The van der Waals surface area contributed by atoms with Gasteiger partial charge in [-0.1, -0.05) is 27.7 Å². The van der Waals surface area contributed by atoms with E-state index in [-0.39, 0.29) is 23.8 Å². The Bertz CT molecular complexity index is 885. The second kappa shape index (κ2) is 8.73. The molecule has 0 saturated heterocycles. The fourth-order valence-electron chi connectivity index (χ4n) is 3.76. The summed E-state index contributed by atoms with van der Waals surface area (Å²) in [5.74, 6) is 1.43. The topological polar surface area (TPSA) is 113 Å². The van der Waals surface area contributed by atoms with E-state index in [9.17, 15) is 8.42 Å². The molecule has 28 heavy (non-hydrogen) atoms. The highest BCUT2D eigenvalue weighted by atomic mass is 32.2. The normalized spacial score (nSPS) is 20.9. The van der Waals surface area contributed by atoms with Crippen LogP contribution in [0.2, 0.25) is 0 Å². The Balaban J connectivity index is 1.54. The zero-order chi connectivity index (χ0) is 20.3. The summed E-state index contributed by atoms with van der Waals surface area (Å²) in [6, 6.07) is 0.271. The van der Waals surface area contributed by atoms with Crippen LogP contribution in [0.1, 0.15) is 59.1 Å². The maximum Gasteiger partial charge on any atom is 0.224 e. The number of anilines is 1. The molecule has 156 valence electrons. The zero-order valence-electron chi connectivity index (χ0n) is 17.2. The average Bonchev–Trinajstić information content (AvgIpc) is 2.97. The van der Waals surface area contributed by atoms with Gasteiger partial charge in [0.2, 0.25) is 16.0 Å². The molecule has 0 atom stereocenters. The highest BCUT2D eigenvalue weighted by Gasteiger charge is 2.25. The molecule has 1 aliphatic carbocycles. The Morgan fingerprint density at radius 3 is 2.43 bits per heavy atom. The van der Waals surface area contributed by atoms with Crippen LogP contribution >= 0.6 is 0 Å². The third kappa shape index (κ3) is 5.64. The monoisotopic (exact) mass is 408 g/mol. The molecular weight excluding hydrogens is 376 g/mol. The molecule has 9 heteroatoms. The van der Waals surface area contributed by atoms with Crippen LogP contribution in [0.4, 0.5) is 5.95 Å². The smallest absolute Gasteiger partial charge is 0.224 e. The molecule has 0 bridgehead atoms. The first-order valence-electron chi connectivity index (χ1n) is 10.2. The molecule has 0 spiro atoms. The number of hydrogen-bond acceptors (Lipinski definition) is 6. The summed E-state index contributed by atoms with van der Waals surface area (Å²) < 4.78 is 27.1. The summed E-state index contributed by atoms with van der Waals surface area (Å²) >= 11 is 0. The van der Waals surface area contributed by atoms with Crippen molar-refractivity contribution in [1.82, 2.24) is 24.9 Å². The molecule has 1 aliphatic rings. The van der Waals surface area contributed by atoms with Crippen molar-refractivity contribution in [3.05, 3.63) is 11.9 Å². The van der Waals surface area contributed by atoms with E-state index in [1.165, 1.54) is 0 Å². The van der Waals surface area contributed by atoms with Gasteiger partial charge in [-0.3, -0.25) is 5.10 Å². The lowest BCUT2D eigenvalue weighted by Crippen LogP contribution is -2.41. The lowest BCUT2D eigenvalue weighted by atomic mass is 9.92. The molecule has 1 saturated carbocycles. The maximum atomic E-state index is 12.1. The third-order valence-corrected chi connectivity index (χ3v) is 6.76. The van der Waals surface area contributed by atoms with Gasteiger partial charge in [0.1, 0.15) is 0 Å². The summed E-state index contributed by atoms with van der Waals surface area (Å²) in [6.45, 7) is 8.18. The Morgan fingerprint density at radius 1 is 1.11 bits per heavy atom. The molecule has 3 N–H and O–H groups in total. The van der Waals surface area contributed by atoms with Gasteiger partial charge < -0.3 is 5.32 Å². The van der Waals surface area contributed by atoms with E-state index in [1.807, 2.05) is 20.0 Å². The largest absolute Gasteiger partial charge is 0.351 e. The standard InChI is InChI=1S/C19H32N6O2S/c1-12(2)9-17-16-10-20-19(22-18(16)24-23-17)21-14-5-7-15(8-6-14)25-28(26,27)11-13(3)4/h10,12-15,25H,5-9,11H2,1-4H3,(H2,20,21,22,23,24). The van der Waals surface area contributed by atoms with E-state index in [2.05, 4.69) is 44.1 Å². The minimum Gasteiger partial charge on any atom is -0.351 e. The highest BCUT2D eigenvalue weighted by molar-refractivity contribution is 7.89. The summed E-state index contributed by atoms with van der Waals surface area (Å²) in [5.41, 5.74) is 1.76. The van der Waals surface area contributed by atoms with Crippen molar-refractivity contribution in [2.24, 2.45) is 11.8 Å². The van der Waals surface area contributed by atoms with Crippen molar-refractivity contribution in [2.75, 3.05) is 11.1 Å². The number of sulfonamides is 1. The molecule has 0 amide bonds. The van der Waals surface area contributed by atoms with Gasteiger partial charge in [-0.25, -0.2) is 18.1 Å². The molecule has 0 aromatic carbocycles. The van der Waals surface area contributed by atoms with Crippen LogP contribution < -0.4 is 10.0 Å². The number of aromatic nitrogens is 4. The molecule has 0 aliphatic heterocycles. The van der Waals surface area contributed by atoms with Gasteiger partial charge in [0, 0.05) is 24.0 Å². The molecule has 2 heterocycles. The zero-order valence-corrected chi connectivity index (χ0v) is 18.0. The number of nitrogens with zero attached hydrogens (tertiary/aromatic N) is 3. The molecule has 0 radical (unpaired) electrons. The second-order valence-corrected chi connectivity index (χ2v) is 10.5. The second-order valence-electron chi connectivity index (χ2n) is 8.72. The minimum atomic E-state index is -3.19. The van der Waals surface area contributed by atoms with Crippen LogP contribution in [0.15, 0.2) is 6.20 Å². The number of nitrogens with one attached hydrogen (secondary N) is 3. The van der Waals surface area contributed by atoms with Crippen molar-refractivity contribution < 1.29 is 8.42 Å². The first kappa shape index (κ1) is 21.0. The van der Waals surface area contributed by atoms with Crippen LogP contribution in [0.25, 0.3) is 11.0 Å². The highest BCUT2D eigenvalue weighted by Crippen LogP contribution is 2.23. The first-order valence-corrected chi connectivity index (χ1v) is 11.8. The fraction of sp³-hybridized carbons (Fsp3) is 0.737. The predicted octanol–water partition coefficient (Wildman–Crippen LogP) is 2.85. The third-order valence-electron chi connectivity index (χ3n) is 4.96. The number of H-pyrrole nitrogens is 1.